The molecule has 1 N–H and O–H groups in total. The van der Waals surface area contributed by atoms with Crippen LogP contribution in [0.4, 0.5) is 0 Å². The molecule has 0 amide bonds. The summed E-state index contributed by atoms with van der Waals surface area (Å²) in [4.78, 5) is 8.53. The first-order chi connectivity index (χ1) is 9.20. The Kier molecular flexibility index (Phi) is 4.71. The minimum absolute atomic E-state index is 0.311. The lowest BCUT2D eigenvalue weighted by molar-refractivity contribution is 0.439. The first-order valence-electron chi connectivity index (χ1n) is 6.16. The smallest absolute Gasteiger partial charge is 0.322 e. The zero-order valence-corrected chi connectivity index (χ0v) is 11.7. The summed E-state index contributed by atoms with van der Waals surface area (Å²) >= 11 is 6.02. The Morgan fingerprint density at radius 2 is 2.11 bits per heavy atom. The summed E-state index contributed by atoms with van der Waals surface area (Å²) in [5.74, 6) is 0.558. The summed E-state index contributed by atoms with van der Waals surface area (Å²) in [5, 5.41) is 3.78. The molecular formula is C14H16ClN3O. The van der Waals surface area contributed by atoms with Crippen LogP contribution in [0, 0.1) is 6.92 Å². The number of para-hydroxylation sites is 1. The molecule has 0 bridgehead atoms. The van der Waals surface area contributed by atoms with Gasteiger partial charge in [-0.2, -0.15) is 4.98 Å². The minimum atomic E-state index is 0.311. The maximum atomic E-state index is 6.02. The van der Waals surface area contributed by atoms with E-state index in [1.807, 2.05) is 19.1 Å². The number of nitrogens with one attached hydrogen (secondary N) is 1. The Labute approximate surface area is 117 Å². The van der Waals surface area contributed by atoms with Gasteiger partial charge in [0.25, 0.3) is 0 Å². The van der Waals surface area contributed by atoms with Crippen molar-refractivity contribution in [3.05, 3.63) is 46.7 Å². The van der Waals surface area contributed by atoms with Crippen molar-refractivity contribution in [1.29, 1.82) is 0 Å². The predicted molar refractivity (Wildman–Crippen MR) is 75.7 cm³/mol. The molecule has 1 aromatic carbocycles. The first kappa shape index (κ1) is 13.8. The third-order valence-corrected chi connectivity index (χ3v) is 2.97. The van der Waals surface area contributed by atoms with Gasteiger partial charge in [-0.25, -0.2) is 4.98 Å². The molecule has 0 atom stereocenters. The molecule has 0 aliphatic carbocycles. The highest BCUT2D eigenvalue weighted by molar-refractivity contribution is 6.32. The predicted octanol–water partition coefficient (Wildman–Crippen LogP) is 3.34. The normalized spacial score (nSPS) is 10.5. The van der Waals surface area contributed by atoms with Gasteiger partial charge >= 0.3 is 6.01 Å². The third-order valence-electron chi connectivity index (χ3n) is 2.66. The van der Waals surface area contributed by atoms with E-state index in [9.17, 15) is 0 Å². The van der Waals surface area contributed by atoms with Gasteiger partial charge in [0, 0.05) is 24.0 Å². The number of aryl methyl sites for hydroxylation is 1. The number of rotatable bonds is 5. The summed E-state index contributed by atoms with van der Waals surface area (Å²) in [6.45, 7) is 5.67. The van der Waals surface area contributed by atoms with Crippen LogP contribution in [0.15, 0.2) is 30.5 Å². The summed E-state index contributed by atoms with van der Waals surface area (Å²) in [6, 6.07) is 7.57. The van der Waals surface area contributed by atoms with Gasteiger partial charge in [-0.05, 0) is 25.6 Å². The summed E-state index contributed by atoms with van der Waals surface area (Å²) < 4.78 is 5.57. The lowest BCUT2D eigenvalue weighted by Crippen LogP contribution is -2.13. The molecule has 0 saturated carbocycles. The van der Waals surface area contributed by atoms with Crippen molar-refractivity contribution in [1.82, 2.24) is 15.3 Å². The number of ether oxygens (including phenoxy) is 1. The van der Waals surface area contributed by atoms with Crippen LogP contribution in [0.2, 0.25) is 5.02 Å². The van der Waals surface area contributed by atoms with Crippen LogP contribution < -0.4 is 10.1 Å². The molecule has 5 heteroatoms. The average molecular weight is 278 g/mol. The molecule has 0 aliphatic heterocycles. The van der Waals surface area contributed by atoms with Crippen LogP contribution in [0.3, 0.4) is 0 Å². The van der Waals surface area contributed by atoms with Crippen molar-refractivity contribution in [2.45, 2.75) is 20.4 Å². The van der Waals surface area contributed by atoms with Gasteiger partial charge in [-0.3, -0.25) is 0 Å². The number of benzene rings is 1. The maximum absolute atomic E-state index is 6.02. The Morgan fingerprint density at radius 3 is 2.79 bits per heavy atom. The molecule has 19 heavy (non-hydrogen) atoms. The van der Waals surface area contributed by atoms with Crippen LogP contribution >= 0.6 is 11.6 Å². The Hall–Kier alpha value is -1.65. The SMILES string of the molecule is CCNCc1cnc(Oc2ccccc2Cl)nc1C. The van der Waals surface area contributed by atoms with E-state index >= 15 is 0 Å². The molecule has 0 fully saturated rings. The number of halogens is 1. The van der Waals surface area contributed by atoms with Gasteiger partial charge in [0.2, 0.25) is 0 Å². The van der Waals surface area contributed by atoms with Crippen LogP contribution in [-0.4, -0.2) is 16.5 Å². The lowest BCUT2D eigenvalue weighted by Gasteiger charge is -2.08. The fourth-order valence-corrected chi connectivity index (χ4v) is 1.75. The number of hydrogen-bond acceptors (Lipinski definition) is 4. The van der Waals surface area contributed by atoms with Crippen molar-refractivity contribution in [2.24, 2.45) is 0 Å². The molecule has 0 unspecified atom stereocenters. The molecule has 100 valence electrons. The van der Waals surface area contributed by atoms with Crippen LogP contribution in [0.1, 0.15) is 18.2 Å². The Bertz CT molecular complexity index is 560. The fraction of sp³-hybridized carbons (Fsp3) is 0.286. The Balaban J connectivity index is 2.14. The molecule has 0 radical (unpaired) electrons. The standard InChI is InChI=1S/C14H16ClN3O/c1-3-16-8-11-9-17-14(18-10(11)2)19-13-7-5-4-6-12(13)15/h4-7,9,16H,3,8H2,1-2H3. The van der Waals surface area contributed by atoms with E-state index in [0.717, 1.165) is 24.3 Å². The van der Waals surface area contributed by atoms with Gasteiger partial charge in [-0.15, -0.1) is 0 Å². The number of hydrogen-bond donors (Lipinski definition) is 1. The van der Waals surface area contributed by atoms with Crippen LogP contribution in [0.25, 0.3) is 0 Å². The Morgan fingerprint density at radius 1 is 1.32 bits per heavy atom. The highest BCUT2D eigenvalue weighted by Gasteiger charge is 2.07. The summed E-state index contributed by atoms with van der Waals surface area (Å²) in [6.07, 6.45) is 1.77. The van der Waals surface area contributed by atoms with E-state index in [2.05, 4.69) is 22.2 Å². The van der Waals surface area contributed by atoms with E-state index in [1.165, 1.54) is 0 Å². The topological polar surface area (TPSA) is 47.0 Å². The quantitative estimate of drug-likeness (QED) is 0.910. The number of nitrogens with zero attached hydrogens (tertiary/aromatic N) is 2. The molecular weight excluding hydrogens is 262 g/mol. The molecule has 2 aromatic rings. The average Bonchev–Trinajstić information content (AvgIpc) is 2.40. The second-order valence-corrected chi connectivity index (χ2v) is 4.48. The zero-order valence-electron chi connectivity index (χ0n) is 11.0. The van der Waals surface area contributed by atoms with E-state index < -0.39 is 0 Å². The van der Waals surface area contributed by atoms with E-state index in [0.29, 0.717) is 16.8 Å². The maximum Gasteiger partial charge on any atom is 0.322 e. The second kappa shape index (κ2) is 6.50. The van der Waals surface area contributed by atoms with Gasteiger partial charge < -0.3 is 10.1 Å². The first-order valence-corrected chi connectivity index (χ1v) is 6.54. The van der Waals surface area contributed by atoms with Gasteiger partial charge in [0.15, 0.2) is 0 Å². The molecule has 4 nitrogen and oxygen atoms in total. The van der Waals surface area contributed by atoms with Crippen LogP contribution in [-0.2, 0) is 6.54 Å². The highest BCUT2D eigenvalue weighted by Crippen LogP contribution is 2.27. The lowest BCUT2D eigenvalue weighted by atomic mass is 10.2. The minimum Gasteiger partial charge on any atom is -0.423 e. The van der Waals surface area contributed by atoms with Crippen LogP contribution in [0.5, 0.6) is 11.8 Å². The van der Waals surface area contributed by atoms with Crippen molar-refractivity contribution >= 4 is 11.6 Å². The van der Waals surface area contributed by atoms with Crippen molar-refractivity contribution in [3.63, 3.8) is 0 Å². The van der Waals surface area contributed by atoms with E-state index in [-0.39, 0.29) is 0 Å². The van der Waals surface area contributed by atoms with Crippen molar-refractivity contribution in [3.8, 4) is 11.8 Å². The largest absolute Gasteiger partial charge is 0.423 e. The van der Waals surface area contributed by atoms with Gasteiger partial charge in [0.05, 0.1) is 5.02 Å². The molecule has 0 aliphatic rings. The van der Waals surface area contributed by atoms with Gasteiger partial charge in [-0.1, -0.05) is 30.7 Å². The second-order valence-electron chi connectivity index (χ2n) is 4.08. The van der Waals surface area contributed by atoms with Gasteiger partial charge in [0.1, 0.15) is 5.75 Å². The van der Waals surface area contributed by atoms with E-state index in [4.69, 9.17) is 16.3 Å². The summed E-state index contributed by atoms with van der Waals surface area (Å²) in [7, 11) is 0. The highest BCUT2D eigenvalue weighted by atomic mass is 35.5. The van der Waals surface area contributed by atoms with Crippen molar-refractivity contribution in [2.75, 3.05) is 6.54 Å². The monoisotopic (exact) mass is 277 g/mol. The zero-order chi connectivity index (χ0) is 13.7. The van der Waals surface area contributed by atoms with E-state index in [1.54, 1.807) is 18.3 Å². The molecule has 0 spiro atoms. The van der Waals surface area contributed by atoms with Crippen molar-refractivity contribution < 1.29 is 4.74 Å². The molecule has 0 saturated heterocycles. The number of aromatic nitrogens is 2. The molecule has 2 rings (SSSR count). The fourth-order valence-electron chi connectivity index (χ4n) is 1.58. The molecule has 1 aromatic heterocycles. The summed E-state index contributed by atoms with van der Waals surface area (Å²) in [5.41, 5.74) is 1.96. The molecule has 1 heterocycles. The third kappa shape index (κ3) is 3.66.